The van der Waals surface area contributed by atoms with Gasteiger partial charge in [-0.3, -0.25) is 14.9 Å². The van der Waals surface area contributed by atoms with Crippen molar-refractivity contribution in [2.24, 2.45) is 5.10 Å². The molecule has 1 aliphatic rings. The Balaban J connectivity index is 1.63. The molecule has 39 heavy (non-hydrogen) atoms. The lowest BCUT2D eigenvalue weighted by Crippen LogP contribution is -2.60. The van der Waals surface area contributed by atoms with Crippen LogP contribution in [-0.2, 0) is 24.8 Å². The van der Waals surface area contributed by atoms with Crippen LogP contribution in [-0.4, -0.2) is 67.7 Å². The number of amides is 1. The fraction of sp³-hybridized carbons (Fsp3) is 0.200. The molecule has 204 valence electrons. The first-order chi connectivity index (χ1) is 18.5. The van der Waals surface area contributed by atoms with Crippen molar-refractivity contribution < 1.29 is 26.6 Å². The quantitative estimate of drug-likeness (QED) is 0.246. The summed E-state index contributed by atoms with van der Waals surface area (Å²) in [5.41, 5.74) is 3.03. The number of sulfonamides is 2. The Morgan fingerprint density at radius 1 is 0.872 bits per heavy atom. The van der Waals surface area contributed by atoms with Crippen molar-refractivity contribution in [1.29, 1.82) is 0 Å². The van der Waals surface area contributed by atoms with Crippen molar-refractivity contribution in [3.63, 3.8) is 0 Å². The molecule has 12 nitrogen and oxygen atoms in total. The van der Waals surface area contributed by atoms with Crippen LogP contribution in [0.4, 0.5) is 5.69 Å². The van der Waals surface area contributed by atoms with E-state index in [2.05, 4.69) is 10.5 Å². The van der Waals surface area contributed by atoms with Crippen LogP contribution in [0.2, 0.25) is 0 Å². The summed E-state index contributed by atoms with van der Waals surface area (Å²) >= 11 is 0. The number of hydrogen-bond donors (Lipinski definition) is 1. The molecule has 1 aliphatic heterocycles. The van der Waals surface area contributed by atoms with Crippen molar-refractivity contribution >= 4 is 37.4 Å². The average Bonchev–Trinajstić information content (AvgIpc) is 2.96. The smallest absolute Gasteiger partial charge is 0.269 e. The molecule has 0 radical (unpaired) electrons. The minimum Gasteiger partial charge on any atom is -0.271 e. The van der Waals surface area contributed by atoms with Gasteiger partial charge in [0.15, 0.2) is 0 Å². The van der Waals surface area contributed by atoms with Gasteiger partial charge in [0.05, 0.1) is 20.4 Å². The zero-order valence-electron chi connectivity index (χ0n) is 20.7. The van der Waals surface area contributed by atoms with Gasteiger partial charge in [-0.2, -0.15) is 13.7 Å². The van der Waals surface area contributed by atoms with Gasteiger partial charge in [-0.05, 0) is 48.9 Å². The second-order valence-corrected chi connectivity index (χ2v) is 12.4. The van der Waals surface area contributed by atoms with Gasteiger partial charge in [-0.1, -0.05) is 36.4 Å². The number of nitrogens with zero attached hydrogens (tertiary/aromatic N) is 4. The topological polar surface area (TPSA) is 159 Å². The van der Waals surface area contributed by atoms with Crippen molar-refractivity contribution in [3.05, 3.63) is 101 Å². The monoisotopic (exact) mass is 571 g/mol. The molecule has 1 atom stereocenters. The summed E-state index contributed by atoms with van der Waals surface area (Å²) in [6, 6.07) is 19.3. The molecular weight excluding hydrogens is 546 g/mol. The predicted molar refractivity (Wildman–Crippen MR) is 143 cm³/mol. The molecule has 1 fully saturated rings. The van der Waals surface area contributed by atoms with E-state index in [9.17, 15) is 31.7 Å². The number of hydrogen-bond acceptors (Lipinski definition) is 8. The first-order valence-electron chi connectivity index (χ1n) is 11.7. The normalized spacial score (nSPS) is 17.5. The van der Waals surface area contributed by atoms with Gasteiger partial charge in [0, 0.05) is 31.8 Å². The lowest BCUT2D eigenvalue weighted by molar-refractivity contribution is -0.384. The zero-order valence-corrected chi connectivity index (χ0v) is 22.4. The molecule has 0 bridgehead atoms. The summed E-state index contributed by atoms with van der Waals surface area (Å²) in [5.74, 6) is -0.830. The van der Waals surface area contributed by atoms with E-state index in [0.717, 1.165) is 8.61 Å². The Morgan fingerprint density at radius 2 is 1.41 bits per heavy atom. The summed E-state index contributed by atoms with van der Waals surface area (Å²) in [7, 11) is -8.16. The van der Waals surface area contributed by atoms with Gasteiger partial charge in [0.25, 0.3) is 11.6 Å². The number of rotatable bonds is 8. The van der Waals surface area contributed by atoms with Crippen LogP contribution >= 0.6 is 0 Å². The highest BCUT2D eigenvalue weighted by Crippen LogP contribution is 2.25. The Kier molecular flexibility index (Phi) is 8.20. The zero-order chi connectivity index (χ0) is 28.2. The van der Waals surface area contributed by atoms with Crippen LogP contribution in [0, 0.1) is 10.1 Å². The first kappa shape index (κ1) is 28.0. The summed E-state index contributed by atoms with van der Waals surface area (Å²) in [4.78, 5) is 23.7. The number of benzene rings is 3. The highest BCUT2D eigenvalue weighted by molar-refractivity contribution is 7.89. The molecule has 0 saturated carbocycles. The second kappa shape index (κ2) is 11.4. The molecule has 1 saturated heterocycles. The maximum Gasteiger partial charge on any atom is 0.269 e. The molecule has 3 aromatic carbocycles. The lowest BCUT2D eigenvalue weighted by atomic mass is 10.1. The van der Waals surface area contributed by atoms with E-state index in [-0.39, 0.29) is 28.6 Å². The minimum atomic E-state index is -4.15. The number of non-ortho nitro benzene ring substituents is 1. The highest BCUT2D eigenvalue weighted by Gasteiger charge is 2.43. The van der Waals surface area contributed by atoms with E-state index in [1.165, 1.54) is 48.5 Å². The van der Waals surface area contributed by atoms with Crippen LogP contribution in [0.3, 0.4) is 0 Å². The van der Waals surface area contributed by atoms with E-state index in [0.29, 0.717) is 11.3 Å². The number of nitro groups is 1. The standard InChI is InChI=1S/C25H25N5O7S2/c1-19(20-12-14-21(15-13-20)30(32)33)26-27-25(31)24-18-28(38(34,35)22-8-4-2-5-9-22)16-17-29(24)39(36,37)23-10-6-3-7-11-23/h2-15,24H,16-18H2,1H3,(H,27,31)/b26-19-/t24-/m0/s1. The van der Waals surface area contributed by atoms with E-state index >= 15 is 0 Å². The van der Waals surface area contributed by atoms with Crippen LogP contribution in [0.1, 0.15) is 12.5 Å². The third-order valence-electron chi connectivity index (χ3n) is 6.16. The fourth-order valence-corrected chi connectivity index (χ4v) is 7.08. The van der Waals surface area contributed by atoms with E-state index in [1.807, 2.05) is 0 Å². The molecule has 14 heteroatoms. The van der Waals surface area contributed by atoms with Gasteiger partial charge in [0.2, 0.25) is 20.0 Å². The van der Waals surface area contributed by atoms with Crippen molar-refractivity contribution in [2.75, 3.05) is 19.6 Å². The Hall–Kier alpha value is -3.98. The van der Waals surface area contributed by atoms with Gasteiger partial charge in [-0.25, -0.2) is 22.3 Å². The molecule has 0 aromatic heterocycles. The highest BCUT2D eigenvalue weighted by atomic mass is 32.2. The maximum absolute atomic E-state index is 13.5. The Morgan fingerprint density at radius 3 is 1.95 bits per heavy atom. The minimum absolute atomic E-state index is 0.0237. The lowest BCUT2D eigenvalue weighted by Gasteiger charge is -2.38. The van der Waals surface area contributed by atoms with Crippen LogP contribution in [0.25, 0.3) is 0 Å². The van der Waals surface area contributed by atoms with E-state index in [1.54, 1.807) is 43.3 Å². The number of nitro benzene ring substituents is 1. The van der Waals surface area contributed by atoms with Crippen molar-refractivity contribution in [2.45, 2.75) is 22.8 Å². The summed E-state index contributed by atoms with van der Waals surface area (Å²) in [6.45, 7) is 0.721. The van der Waals surface area contributed by atoms with Crippen LogP contribution in [0.15, 0.2) is 99.8 Å². The number of hydrazone groups is 1. The molecule has 1 N–H and O–H groups in total. The summed E-state index contributed by atoms with van der Waals surface area (Å²) < 4.78 is 55.5. The van der Waals surface area contributed by atoms with Crippen LogP contribution in [0.5, 0.6) is 0 Å². The average molecular weight is 572 g/mol. The van der Waals surface area contributed by atoms with Gasteiger partial charge in [0.1, 0.15) is 6.04 Å². The number of piperazine rings is 1. The number of carbonyl (C=O) groups excluding carboxylic acids is 1. The first-order valence-corrected chi connectivity index (χ1v) is 14.6. The van der Waals surface area contributed by atoms with Crippen molar-refractivity contribution in [3.8, 4) is 0 Å². The Labute approximate surface area is 225 Å². The summed E-state index contributed by atoms with van der Waals surface area (Å²) in [5, 5.41) is 14.9. The van der Waals surface area contributed by atoms with Crippen LogP contribution < -0.4 is 5.43 Å². The van der Waals surface area contributed by atoms with Crippen molar-refractivity contribution in [1.82, 2.24) is 14.0 Å². The third kappa shape index (κ3) is 6.04. The third-order valence-corrected chi connectivity index (χ3v) is 9.96. The summed E-state index contributed by atoms with van der Waals surface area (Å²) in [6.07, 6.45) is 0. The molecule has 0 aliphatic carbocycles. The van der Waals surface area contributed by atoms with Gasteiger partial charge >= 0.3 is 0 Å². The second-order valence-electron chi connectivity index (χ2n) is 8.60. The van der Waals surface area contributed by atoms with Gasteiger partial charge < -0.3 is 0 Å². The molecule has 1 amide bonds. The molecule has 0 unspecified atom stereocenters. The molecule has 4 rings (SSSR count). The van der Waals surface area contributed by atoms with Gasteiger partial charge in [-0.15, -0.1) is 0 Å². The largest absolute Gasteiger partial charge is 0.271 e. The molecule has 0 spiro atoms. The maximum atomic E-state index is 13.5. The molecular formula is C25H25N5O7S2. The molecule has 3 aromatic rings. The van der Waals surface area contributed by atoms with E-state index in [4.69, 9.17) is 0 Å². The fourth-order valence-electron chi connectivity index (χ4n) is 4.03. The Bertz CT molecular complexity index is 1600. The van der Waals surface area contributed by atoms with E-state index < -0.39 is 43.5 Å². The molecule has 1 heterocycles. The number of carbonyl (C=O) groups is 1. The SMILES string of the molecule is C/C(=N/NC(=O)[C@@H]1CN(S(=O)(=O)c2ccccc2)CCN1S(=O)(=O)c1ccccc1)c1ccc([N+](=O)[O-])cc1. The number of nitrogens with one attached hydrogen (secondary N) is 1. The predicted octanol–water partition coefficient (Wildman–Crippen LogP) is 2.20.